The zero-order valence-corrected chi connectivity index (χ0v) is 7.98. The molecule has 1 aliphatic heterocycles. The Morgan fingerprint density at radius 2 is 2.00 bits per heavy atom. The van der Waals surface area contributed by atoms with Crippen LogP contribution in [0.15, 0.2) is 12.3 Å². The van der Waals surface area contributed by atoms with Crippen LogP contribution in [-0.4, -0.2) is 18.6 Å². The van der Waals surface area contributed by atoms with E-state index in [0.29, 0.717) is 0 Å². The lowest BCUT2D eigenvalue weighted by molar-refractivity contribution is 0.215. The molecule has 0 atom stereocenters. The van der Waals surface area contributed by atoms with E-state index in [0.717, 1.165) is 17.3 Å². The third-order valence-electron chi connectivity index (χ3n) is 1.76. The Kier molecular flexibility index (Phi) is 2.58. The molecule has 0 aromatic heterocycles. The molecule has 0 aromatic carbocycles. The van der Waals surface area contributed by atoms with Crippen LogP contribution >= 0.6 is 21.6 Å². The maximum atomic E-state index is 5.12. The van der Waals surface area contributed by atoms with Crippen molar-refractivity contribution < 1.29 is 4.74 Å². The van der Waals surface area contributed by atoms with Gasteiger partial charge in [0.05, 0.1) is 12.9 Å². The summed E-state index contributed by atoms with van der Waals surface area (Å²) in [5.41, 5.74) is 0.212. The van der Waals surface area contributed by atoms with Crippen LogP contribution in [0.4, 0.5) is 0 Å². The normalized spacial score (nSPS) is 22.6. The number of hydrogen-bond acceptors (Lipinski definition) is 3. The highest BCUT2D eigenvalue weighted by Gasteiger charge is 2.33. The molecular formula is C7H12OS2. The SMILES string of the molecule is C=C(OC)C1(C)CSSC1. The minimum absolute atomic E-state index is 0.212. The van der Waals surface area contributed by atoms with Gasteiger partial charge in [0.1, 0.15) is 0 Å². The lowest BCUT2D eigenvalue weighted by Crippen LogP contribution is -2.21. The van der Waals surface area contributed by atoms with Crippen LogP contribution in [0.3, 0.4) is 0 Å². The fourth-order valence-corrected chi connectivity index (χ4v) is 4.20. The van der Waals surface area contributed by atoms with Gasteiger partial charge in [0.15, 0.2) is 0 Å². The third-order valence-corrected chi connectivity index (χ3v) is 4.64. The van der Waals surface area contributed by atoms with Crippen LogP contribution in [0.1, 0.15) is 6.92 Å². The zero-order chi connectivity index (χ0) is 7.61. The number of ether oxygens (including phenoxy) is 1. The Morgan fingerprint density at radius 3 is 2.40 bits per heavy atom. The van der Waals surface area contributed by atoms with Crippen molar-refractivity contribution in [3.8, 4) is 0 Å². The molecule has 1 saturated heterocycles. The molecule has 1 nitrogen and oxygen atoms in total. The topological polar surface area (TPSA) is 9.23 Å². The van der Waals surface area contributed by atoms with Crippen LogP contribution in [0, 0.1) is 5.41 Å². The van der Waals surface area contributed by atoms with Crippen LogP contribution in [0.5, 0.6) is 0 Å². The van der Waals surface area contributed by atoms with E-state index in [1.165, 1.54) is 0 Å². The summed E-state index contributed by atoms with van der Waals surface area (Å²) in [7, 11) is 5.50. The lowest BCUT2D eigenvalue weighted by atomic mass is 9.94. The summed E-state index contributed by atoms with van der Waals surface area (Å²) in [5.74, 6) is 3.18. The largest absolute Gasteiger partial charge is 0.501 e. The van der Waals surface area contributed by atoms with Gasteiger partial charge in [-0.2, -0.15) is 0 Å². The van der Waals surface area contributed by atoms with Gasteiger partial charge >= 0.3 is 0 Å². The lowest BCUT2D eigenvalue weighted by Gasteiger charge is -2.22. The Labute approximate surface area is 70.0 Å². The number of rotatable bonds is 2. The van der Waals surface area contributed by atoms with Crippen LogP contribution in [0.25, 0.3) is 0 Å². The molecule has 0 radical (unpaired) electrons. The molecule has 0 spiro atoms. The quantitative estimate of drug-likeness (QED) is 0.473. The monoisotopic (exact) mass is 176 g/mol. The number of hydrogen-bond donors (Lipinski definition) is 0. The first-order valence-electron chi connectivity index (χ1n) is 3.17. The summed E-state index contributed by atoms with van der Waals surface area (Å²) >= 11 is 0. The second kappa shape index (κ2) is 3.09. The molecule has 0 N–H and O–H groups in total. The summed E-state index contributed by atoms with van der Waals surface area (Å²) in [6.07, 6.45) is 0. The second-order valence-electron chi connectivity index (χ2n) is 2.71. The molecule has 1 heterocycles. The Bertz CT molecular complexity index is 139. The van der Waals surface area contributed by atoms with E-state index < -0.39 is 0 Å². The van der Waals surface area contributed by atoms with E-state index in [1.54, 1.807) is 7.11 Å². The molecule has 1 aliphatic rings. The van der Waals surface area contributed by atoms with Gasteiger partial charge in [-0.3, -0.25) is 0 Å². The van der Waals surface area contributed by atoms with Crippen LogP contribution in [0.2, 0.25) is 0 Å². The molecule has 58 valence electrons. The van der Waals surface area contributed by atoms with Crippen molar-refractivity contribution in [2.45, 2.75) is 6.92 Å². The average Bonchev–Trinajstić information content (AvgIpc) is 2.36. The smallest absolute Gasteiger partial charge is 0.0959 e. The summed E-state index contributed by atoms with van der Waals surface area (Å²) < 4.78 is 5.12. The van der Waals surface area contributed by atoms with Crippen molar-refractivity contribution in [3.63, 3.8) is 0 Å². The van der Waals surface area contributed by atoms with Crippen LogP contribution in [-0.2, 0) is 4.74 Å². The summed E-state index contributed by atoms with van der Waals surface area (Å²) in [4.78, 5) is 0. The number of allylic oxidation sites excluding steroid dienone is 1. The first-order valence-corrected chi connectivity index (χ1v) is 5.66. The highest BCUT2D eigenvalue weighted by molar-refractivity contribution is 8.77. The van der Waals surface area contributed by atoms with Crippen molar-refractivity contribution in [1.29, 1.82) is 0 Å². The molecule has 3 heteroatoms. The molecule has 0 aliphatic carbocycles. The predicted molar refractivity (Wildman–Crippen MR) is 49.2 cm³/mol. The average molecular weight is 176 g/mol. The van der Waals surface area contributed by atoms with Gasteiger partial charge in [0.2, 0.25) is 0 Å². The van der Waals surface area contributed by atoms with E-state index in [2.05, 4.69) is 13.5 Å². The van der Waals surface area contributed by atoms with Crippen molar-refractivity contribution in [3.05, 3.63) is 12.3 Å². The molecule has 0 bridgehead atoms. The van der Waals surface area contributed by atoms with Gasteiger partial charge < -0.3 is 4.74 Å². The van der Waals surface area contributed by atoms with Gasteiger partial charge in [-0.05, 0) is 0 Å². The van der Waals surface area contributed by atoms with E-state index in [9.17, 15) is 0 Å². The maximum absolute atomic E-state index is 5.12. The summed E-state index contributed by atoms with van der Waals surface area (Å²) in [6, 6.07) is 0. The van der Waals surface area contributed by atoms with Crippen molar-refractivity contribution in [1.82, 2.24) is 0 Å². The van der Waals surface area contributed by atoms with E-state index in [4.69, 9.17) is 4.74 Å². The Balaban J connectivity index is 2.58. The Hall–Kier alpha value is 0.240. The second-order valence-corrected chi connectivity index (χ2v) is 5.18. The standard InChI is InChI=1S/C7H12OS2/c1-6(8-3)7(2)4-9-10-5-7/h1,4-5H2,2-3H3. The fraction of sp³-hybridized carbons (Fsp3) is 0.714. The van der Waals surface area contributed by atoms with E-state index in [-0.39, 0.29) is 5.41 Å². The van der Waals surface area contributed by atoms with Gasteiger partial charge in [-0.25, -0.2) is 0 Å². The minimum Gasteiger partial charge on any atom is -0.501 e. The molecule has 10 heavy (non-hydrogen) atoms. The summed E-state index contributed by atoms with van der Waals surface area (Å²) in [5, 5.41) is 0. The predicted octanol–water partition coefficient (Wildman–Crippen LogP) is 2.55. The van der Waals surface area contributed by atoms with Crippen LogP contribution < -0.4 is 0 Å². The first kappa shape index (κ1) is 8.34. The van der Waals surface area contributed by atoms with Crippen molar-refractivity contribution in [2.24, 2.45) is 5.41 Å². The molecule has 0 aromatic rings. The molecule has 0 amide bonds. The summed E-state index contributed by atoms with van der Waals surface area (Å²) in [6.45, 7) is 6.08. The molecule has 0 unspecified atom stereocenters. The van der Waals surface area contributed by atoms with E-state index in [1.807, 2.05) is 21.6 Å². The zero-order valence-electron chi connectivity index (χ0n) is 6.35. The minimum atomic E-state index is 0.212. The third kappa shape index (κ3) is 1.45. The fourth-order valence-electron chi connectivity index (χ4n) is 0.792. The van der Waals surface area contributed by atoms with Gasteiger partial charge in [-0.15, -0.1) is 0 Å². The van der Waals surface area contributed by atoms with Gasteiger partial charge in [-0.1, -0.05) is 35.1 Å². The highest BCUT2D eigenvalue weighted by atomic mass is 33.1. The van der Waals surface area contributed by atoms with Crippen molar-refractivity contribution in [2.75, 3.05) is 18.6 Å². The van der Waals surface area contributed by atoms with Gasteiger partial charge in [0.25, 0.3) is 0 Å². The maximum Gasteiger partial charge on any atom is 0.0959 e. The van der Waals surface area contributed by atoms with E-state index >= 15 is 0 Å². The van der Waals surface area contributed by atoms with Gasteiger partial charge in [0, 0.05) is 16.9 Å². The molecule has 1 rings (SSSR count). The molecule has 0 saturated carbocycles. The number of methoxy groups -OCH3 is 1. The molecule has 1 fully saturated rings. The highest BCUT2D eigenvalue weighted by Crippen LogP contribution is 2.46. The Morgan fingerprint density at radius 1 is 1.50 bits per heavy atom. The first-order chi connectivity index (χ1) is 4.69. The van der Waals surface area contributed by atoms with Crippen molar-refractivity contribution >= 4 is 21.6 Å². The molecular weight excluding hydrogens is 164 g/mol.